The Kier molecular flexibility index (Phi) is 3.80. The van der Waals surface area contributed by atoms with E-state index in [1.165, 1.54) is 0 Å². The molecule has 0 radical (unpaired) electrons. The summed E-state index contributed by atoms with van der Waals surface area (Å²) in [5.41, 5.74) is 1.03. The van der Waals surface area contributed by atoms with Crippen LogP contribution in [0.25, 0.3) is 0 Å². The Morgan fingerprint density at radius 2 is 2.00 bits per heavy atom. The molecule has 0 spiro atoms. The first-order valence-electron chi connectivity index (χ1n) is 4.60. The van der Waals surface area contributed by atoms with Crippen LogP contribution >= 0.6 is 0 Å². The van der Waals surface area contributed by atoms with Crippen LogP contribution in [0.15, 0.2) is 24.4 Å². The Balaban J connectivity index is 2.94. The Morgan fingerprint density at radius 1 is 1.36 bits per heavy atom. The number of hydrogen-bond donors (Lipinski definition) is 0. The third-order valence-electron chi connectivity index (χ3n) is 2.34. The van der Waals surface area contributed by atoms with Gasteiger partial charge in [0.2, 0.25) is 0 Å². The predicted molar refractivity (Wildman–Crippen MR) is 59.3 cm³/mol. The molecule has 3 nitrogen and oxygen atoms in total. The zero-order chi connectivity index (χ0) is 10.6. The highest BCUT2D eigenvalue weighted by Crippen LogP contribution is 2.24. The van der Waals surface area contributed by atoms with Crippen LogP contribution in [0, 0.1) is 0 Å². The van der Waals surface area contributed by atoms with Gasteiger partial charge in [0, 0.05) is 41.4 Å². The van der Waals surface area contributed by atoms with Crippen molar-refractivity contribution in [3.63, 3.8) is 0 Å². The molecule has 1 aromatic rings. The summed E-state index contributed by atoms with van der Waals surface area (Å²) in [6, 6.07) is 5.91. The molecule has 78 valence electrons. The summed E-state index contributed by atoms with van der Waals surface area (Å²) in [5, 5.41) is -0.106. The number of methoxy groups -OCH3 is 2. The number of aromatic nitrogens is 1. The second kappa shape index (κ2) is 4.68. The normalized spacial score (nSPS) is 15.7. The molecule has 0 bridgehead atoms. The first kappa shape index (κ1) is 11.4. The molecule has 0 fully saturated rings. The predicted octanol–water partition coefficient (Wildman–Crippen LogP) is 0.281. The lowest BCUT2D eigenvalue weighted by atomic mass is 10.1. The maximum absolute atomic E-state index is 5.29. The fourth-order valence-corrected chi connectivity index (χ4v) is 2.32. The molecule has 1 rings (SSSR count). The van der Waals surface area contributed by atoms with E-state index in [1.54, 1.807) is 20.4 Å². The van der Waals surface area contributed by atoms with Crippen molar-refractivity contribution in [2.45, 2.75) is 18.3 Å². The van der Waals surface area contributed by atoms with E-state index in [0.29, 0.717) is 0 Å². The molecule has 0 saturated carbocycles. The first-order valence-corrected chi connectivity index (χ1v) is 5.60. The molecule has 0 amide bonds. The Labute approximate surface area is 87.9 Å². The van der Waals surface area contributed by atoms with Gasteiger partial charge in [-0.2, -0.15) is 0 Å². The molecule has 4 heteroatoms. The van der Waals surface area contributed by atoms with E-state index in [-0.39, 0.29) is 11.3 Å². The quantitative estimate of drug-likeness (QED) is 0.529. The van der Waals surface area contributed by atoms with Crippen LogP contribution in [0.2, 0.25) is 0 Å². The summed E-state index contributed by atoms with van der Waals surface area (Å²) in [5.74, 6) is 0. The summed E-state index contributed by atoms with van der Waals surface area (Å²) in [6.45, 7) is 2.11. The molecule has 0 aliphatic rings. The fraction of sp³-hybridized carbons (Fsp3) is 0.500. The van der Waals surface area contributed by atoms with Gasteiger partial charge in [-0.3, -0.25) is 4.98 Å². The number of rotatable bonds is 4. The van der Waals surface area contributed by atoms with E-state index in [4.69, 9.17) is 9.47 Å². The third-order valence-corrected chi connectivity index (χ3v) is 3.33. The van der Waals surface area contributed by atoms with Crippen molar-refractivity contribution in [2.24, 2.45) is 0 Å². The summed E-state index contributed by atoms with van der Waals surface area (Å²) in [4.78, 5) is 4.34. The summed E-state index contributed by atoms with van der Waals surface area (Å²) in [6.07, 6.45) is 1.58. The van der Waals surface area contributed by atoms with Crippen molar-refractivity contribution < 1.29 is 9.47 Å². The van der Waals surface area contributed by atoms with Crippen LogP contribution < -0.4 is 0 Å². The highest BCUT2D eigenvalue weighted by molar-refractivity contribution is 6.15. The maximum atomic E-state index is 5.29. The van der Waals surface area contributed by atoms with E-state index in [1.807, 2.05) is 18.2 Å². The van der Waals surface area contributed by atoms with Crippen molar-refractivity contribution in [1.82, 2.24) is 4.98 Å². The molecule has 14 heavy (non-hydrogen) atoms. The smallest absolute Gasteiger partial charge is 0.164 e. The molecule has 0 aliphatic carbocycles. The van der Waals surface area contributed by atoms with Gasteiger partial charge in [0.1, 0.15) is 0 Å². The lowest BCUT2D eigenvalue weighted by Gasteiger charge is -2.31. The largest absolute Gasteiger partial charge is 0.355 e. The van der Waals surface area contributed by atoms with Gasteiger partial charge in [0.15, 0.2) is 6.29 Å². The summed E-state index contributed by atoms with van der Waals surface area (Å²) >= 11 is 0. The Bertz CT molecular complexity index is 273. The second-order valence-corrected chi connectivity index (χ2v) is 5.82. The Hall–Kier alpha value is -0.713. The van der Waals surface area contributed by atoms with Gasteiger partial charge >= 0.3 is 0 Å². The average molecular weight is 211 g/mol. The molecule has 0 N–H and O–H groups in total. The van der Waals surface area contributed by atoms with Gasteiger partial charge in [0.25, 0.3) is 0 Å². The summed E-state index contributed by atoms with van der Waals surface area (Å²) in [7, 11) is 4.25. The van der Waals surface area contributed by atoms with Crippen molar-refractivity contribution in [2.75, 3.05) is 14.2 Å². The zero-order valence-electron chi connectivity index (χ0n) is 9.15. The van der Waals surface area contributed by atoms with Crippen molar-refractivity contribution >= 4 is 10.2 Å². The van der Waals surface area contributed by atoms with Crippen LogP contribution in [-0.2, 0) is 14.5 Å². The Morgan fingerprint density at radius 3 is 2.43 bits per heavy atom. The zero-order valence-corrected chi connectivity index (χ0v) is 11.2. The first-order chi connectivity index (χ1) is 6.62. The van der Waals surface area contributed by atoms with Gasteiger partial charge in [-0.05, 0) is 12.1 Å². The molecule has 1 atom stereocenters. The van der Waals surface area contributed by atoms with E-state index in [2.05, 4.69) is 11.9 Å². The van der Waals surface area contributed by atoms with Crippen molar-refractivity contribution in [1.29, 1.82) is 0 Å². The molecule has 1 aromatic heterocycles. The standard InChI is InChI=1S/C10H17NO2Si/c1-10(14,9(12-2)13-3)8-6-4-5-7-11-8/h4-7,9H,1-3,14H3. The molecular formula is C10H17NO2Si. The van der Waals surface area contributed by atoms with Gasteiger partial charge < -0.3 is 9.47 Å². The highest BCUT2D eigenvalue weighted by Gasteiger charge is 2.32. The summed E-state index contributed by atoms with van der Waals surface area (Å²) < 4.78 is 10.6. The molecule has 0 aromatic carbocycles. The SMILES string of the molecule is COC(OC)C(C)([SiH3])c1ccccn1. The maximum Gasteiger partial charge on any atom is 0.164 e. The van der Waals surface area contributed by atoms with E-state index in [9.17, 15) is 0 Å². The fourth-order valence-electron chi connectivity index (χ4n) is 1.55. The van der Waals surface area contributed by atoms with Crippen LogP contribution in [0.1, 0.15) is 12.6 Å². The molecule has 0 saturated heterocycles. The topological polar surface area (TPSA) is 31.4 Å². The van der Waals surface area contributed by atoms with Crippen LogP contribution in [0.3, 0.4) is 0 Å². The highest BCUT2D eigenvalue weighted by atomic mass is 28.1. The number of pyridine rings is 1. The van der Waals surface area contributed by atoms with E-state index < -0.39 is 0 Å². The van der Waals surface area contributed by atoms with E-state index >= 15 is 0 Å². The minimum Gasteiger partial charge on any atom is -0.355 e. The van der Waals surface area contributed by atoms with Gasteiger partial charge in [0.05, 0.1) is 0 Å². The van der Waals surface area contributed by atoms with Crippen LogP contribution in [-0.4, -0.2) is 35.7 Å². The number of hydrogen-bond acceptors (Lipinski definition) is 3. The number of ether oxygens (including phenoxy) is 2. The lowest BCUT2D eigenvalue weighted by molar-refractivity contribution is -0.126. The lowest BCUT2D eigenvalue weighted by Crippen LogP contribution is -2.40. The molecule has 1 heterocycles. The third kappa shape index (κ3) is 2.20. The van der Waals surface area contributed by atoms with Crippen molar-refractivity contribution in [3.05, 3.63) is 30.1 Å². The van der Waals surface area contributed by atoms with Gasteiger partial charge in [-0.15, -0.1) is 0 Å². The van der Waals surface area contributed by atoms with E-state index in [0.717, 1.165) is 15.9 Å². The minimum absolute atomic E-state index is 0.106. The molecule has 0 aliphatic heterocycles. The van der Waals surface area contributed by atoms with Crippen molar-refractivity contribution in [3.8, 4) is 0 Å². The molecule has 1 unspecified atom stereocenters. The van der Waals surface area contributed by atoms with Gasteiger partial charge in [-0.25, -0.2) is 0 Å². The monoisotopic (exact) mass is 211 g/mol. The van der Waals surface area contributed by atoms with Crippen LogP contribution in [0.4, 0.5) is 0 Å². The second-order valence-electron chi connectivity index (χ2n) is 3.74. The minimum atomic E-state index is -0.218. The van der Waals surface area contributed by atoms with Crippen LogP contribution in [0.5, 0.6) is 0 Å². The average Bonchev–Trinajstić information content (AvgIpc) is 2.20. The molecular weight excluding hydrogens is 194 g/mol. The number of nitrogens with zero attached hydrogens (tertiary/aromatic N) is 1. The van der Waals surface area contributed by atoms with Gasteiger partial charge in [-0.1, -0.05) is 13.0 Å².